The summed E-state index contributed by atoms with van der Waals surface area (Å²) in [6.07, 6.45) is 0. The van der Waals surface area contributed by atoms with Gasteiger partial charge in [0.25, 0.3) is 5.69 Å². The van der Waals surface area contributed by atoms with Crippen molar-refractivity contribution in [1.29, 1.82) is 0 Å². The highest BCUT2D eigenvalue weighted by molar-refractivity contribution is 5.57. The molecule has 1 aromatic carbocycles. The molecule has 21 heavy (non-hydrogen) atoms. The summed E-state index contributed by atoms with van der Waals surface area (Å²) in [5, 5.41) is 39.5. The maximum Gasteiger partial charge on any atom is 0.413 e. The molecular weight excluding hydrogens is 288 g/mol. The zero-order chi connectivity index (χ0) is 15.7. The summed E-state index contributed by atoms with van der Waals surface area (Å²) in [6, 6.07) is 2.81. The number of hydrogen-bond acceptors (Lipinski definition) is 8. The monoisotopic (exact) mass is 294 g/mol. The first-order valence-electron chi connectivity index (χ1n) is 5.33. The fraction of sp³-hybridized carbons (Fsp3) is 0.111. The Hall–Kier alpha value is -3.44. The Morgan fingerprint density at radius 1 is 1.00 bits per heavy atom. The second-order valence-electron chi connectivity index (χ2n) is 3.84. The standard InChI is InChI=1S/C9H6N6O6/c1-5-9(15(20)21)11-12(10-5)7-3-2-6(13(16)17)4-8(7)14(18)19/h2-4H,1H3. The quantitative estimate of drug-likeness (QED) is 0.602. The molecule has 2 rings (SSSR count). The van der Waals surface area contributed by atoms with Crippen LogP contribution in [0.5, 0.6) is 0 Å². The molecule has 12 nitrogen and oxygen atoms in total. The van der Waals surface area contributed by atoms with Crippen molar-refractivity contribution in [3.63, 3.8) is 0 Å². The van der Waals surface area contributed by atoms with Crippen LogP contribution in [-0.2, 0) is 0 Å². The van der Waals surface area contributed by atoms with Crippen molar-refractivity contribution < 1.29 is 14.8 Å². The Kier molecular flexibility index (Phi) is 3.27. The fourth-order valence-corrected chi connectivity index (χ4v) is 1.59. The summed E-state index contributed by atoms with van der Waals surface area (Å²) in [5.41, 5.74) is -1.35. The summed E-state index contributed by atoms with van der Waals surface area (Å²) >= 11 is 0. The number of benzene rings is 1. The van der Waals surface area contributed by atoms with E-state index in [-0.39, 0.29) is 11.4 Å². The number of aromatic nitrogens is 3. The molecule has 12 heteroatoms. The number of nitro groups is 3. The second kappa shape index (κ2) is 4.92. The second-order valence-corrected chi connectivity index (χ2v) is 3.84. The van der Waals surface area contributed by atoms with E-state index in [1.165, 1.54) is 6.92 Å². The van der Waals surface area contributed by atoms with Gasteiger partial charge in [0.1, 0.15) is 0 Å². The van der Waals surface area contributed by atoms with E-state index in [0.29, 0.717) is 4.80 Å². The van der Waals surface area contributed by atoms with E-state index in [4.69, 9.17) is 0 Å². The van der Waals surface area contributed by atoms with Crippen LogP contribution in [0.15, 0.2) is 18.2 Å². The van der Waals surface area contributed by atoms with Gasteiger partial charge >= 0.3 is 11.5 Å². The molecule has 108 valence electrons. The van der Waals surface area contributed by atoms with Gasteiger partial charge in [0.2, 0.25) is 0 Å². The molecular formula is C9H6N6O6. The van der Waals surface area contributed by atoms with Gasteiger partial charge in [-0.25, -0.2) is 0 Å². The molecule has 0 unspecified atom stereocenters. The first-order valence-corrected chi connectivity index (χ1v) is 5.33. The number of non-ortho nitro benzene ring substituents is 1. The highest BCUT2D eigenvalue weighted by atomic mass is 16.6. The van der Waals surface area contributed by atoms with Gasteiger partial charge in [-0.05, 0) is 22.7 Å². The molecule has 1 aromatic heterocycles. The van der Waals surface area contributed by atoms with Gasteiger partial charge in [0.15, 0.2) is 11.4 Å². The summed E-state index contributed by atoms with van der Waals surface area (Å²) in [4.78, 5) is 30.6. The predicted molar refractivity (Wildman–Crippen MR) is 66.1 cm³/mol. The lowest BCUT2D eigenvalue weighted by Crippen LogP contribution is -2.04. The van der Waals surface area contributed by atoms with E-state index in [1.807, 2.05) is 0 Å². The summed E-state index contributed by atoms with van der Waals surface area (Å²) in [7, 11) is 0. The van der Waals surface area contributed by atoms with Gasteiger partial charge < -0.3 is 10.1 Å². The third kappa shape index (κ3) is 2.49. The van der Waals surface area contributed by atoms with Crippen molar-refractivity contribution in [2.24, 2.45) is 0 Å². The SMILES string of the molecule is Cc1nn(-c2ccc([N+](=O)[O-])cc2[N+](=O)[O-])nc1[N+](=O)[O-]. The highest BCUT2D eigenvalue weighted by Gasteiger charge is 2.27. The van der Waals surface area contributed by atoms with Gasteiger partial charge in [-0.2, -0.15) is 0 Å². The highest BCUT2D eigenvalue weighted by Crippen LogP contribution is 2.27. The zero-order valence-corrected chi connectivity index (χ0v) is 10.4. The molecule has 0 atom stereocenters. The number of nitro benzene ring substituents is 2. The summed E-state index contributed by atoms with van der Waals surface area (Å²) in [6.45, 7) is 1.32. The Labute approximate surface area is 115 Å². The third-order valence-corrected chi connectivity index (χ3v) is 2.51. The van der Waals surface area contributed by atoms with Crippen molar-refractivity contribution in [1.82, 2.24) is 15.0 Å². The van der Waals surface area contributed by atoms with E-state index >= 15 is 0 Å². The molecule has 0 N–H and O–H groups in total. The number of nitrogens with zero attached hydrogens (tertiary/aromatic N) is 6. The van der Waals surface area contributed by atoms with Crippen LogP contribution in [0, 0.1) is 37.3 Å². The number of rotatable bonds is 4. The molecule has 0 saturated carbocycles. The van der Waals surface area contributed by atoms with Crippen LogP contribution < -0.4 is 0 Å². The van der Waals surface area contributed by atoms with Crippen LogP contribution in [0.1, 0.15) is 5.69 Å². The molecule has 0 radical (unpaired) electrons. The van der Waals surface area contributed by atoms with Gasteiger partial charge in [-0.1, -0.05) is 0 Å². The van der Waals surface area contributed by atoms with E-state index < -0.39 is 32.0 Å². The van der Waals surface area contributed by atoms with Gasteiger partial charge in [0.05, 0.1) is 21.0 Å². The largest absolute Gasteiger partial charge is 0.413 e. The topological polar surface area (TPSA) is 160 Å². The molecule has 0 aliphatic carbocycles. The average Bonchev–Trinajstić information content (AvgIpc) is 2.80. The summed E-state index contributed by atoms with van der Waals surface area (Å²) in [5.74, 6) is -0.553. The van der Waals surface area contributed by atoms with E-state index in [2.05, 4.69) is 10.2 Å². The zero-order valence-electron chi connectivity index (χ0n) is 10.4. The van der Waals surface area contributed by atoms with Gasteiger partial charge in [0, 0.05) is 6.07 Å². The van der Waals surface area contributed by atoms with Crippen molar-refractivity contribution in [2.45, 2.75) is 6.92 Å². The van der Waals surface area contributed by atoms with Gasteiger partial charge in [-0.15, -0.1) is 5.10 Å². The minimum absolute atomic E-state index is 0.0346. The van der Waals surface area contributed by atoms with Crippen LogP contribution in [0.2, 0.25) is 0 Å². The van der Waals surface area contributed by atoms with Crippen LogP contribution in [0.4, 0.5) is 17.2 Å². The minimum Gasteiger partial charge on any atom is -0.358 e. The lowest BCUT2D eigenvalue weighted by molar-refractivity contribution is -0.394. The van der Waals surface area contributed by atoms with Crippen LogP contribution in [0.3, 0.4) is 0 Å². The van der Waals surface area contributed by atoms with Crippen LogP contribution >= 0.6 is 0 Å². The van der Waals surface area contributed by atoms with Crippen molar-refractivity contribution >= 4 is 17.2 Å². The maximum atomic E-state index is 11.0. The van der Waals surface area contributed by atoms with Crippen LogP contribution in [0.25, 0.3) is 5.69 Å². The average molecular weight is 294 g/mol. The Balaban J connectivity index is 2.63. The molecule has 0 amide bonds. The number of hydrogen-bond donors (Lipinski definition) is 0. The molecule has 1 heterocycles. The number of aryl methyl sites for hydroxylation is 1. The molecule has 0 bridgehead atoms. The third-order valence-electron chi connectivity index (χ3n) is 2.51. The Morgan fingerprint density at radius 3 is 2.14 bits per heavy atom. The molecule has 0 aliphatic heterocycles. The molecule has 2 aromatic rings. The van der Waals surface area contributed by atoms with E-state index in [9.17, 15) is 30.3 Å². The van der Waals surface area contributed by atoms with E-state index in [0.717, 1.165) is 18.2 Å². The van der Waals surface area contributed by atoms with Crippen molar-refractivity contribution in [2.75, 3.05) is 0 Å². The van der Waals surface area contributed by atoms with Crippen LogP contribution in [-0.4, -0.2) is 29.8 Å². The normalized spacial score (nSPS) is 10.3. The van der Waals surface area contributed by atoms with E-state index in [1.54, 1.807) is 0 Å². The fourth-order valence-electron chi connectivity index (χ4n) is 1.59. The first-order chi connectivity index (χ1) is 9.81. The smallest absolute Gasteiger partial charge is 0.358 e. The molecule has 0 saturated heterocycles. The summed E-state index contributed by atoms with van der Waals surface area (Å²) < 4.78 is 0. The minimum atomic E-state index is -0.854. The van der Waals surface area contributed by atoms with Crippen molar-refractivity contribution in [3.8, 4) is 5.69 Å². The molecule has 0 spiro atoms. The lowest BCUT2D eigenvalue weighted by atomic mass is 10.2. The molecule has 0 aliphatic rings. The Bertz CT molecular complexity index is 768. The maximum absolute atomic E-state index is 11.0. The van der Waals surface area contributed by atoms with Gasteiger partial charge in [-0.3, -0.25) is 20.2 Å². The van der Waals surface area contributed by atoms with Crippen molar-refractivity contribution in [3.05, 3.63) is 54.2 Å². The molecule has 0 fully saturated rings. The first kappa shape index (κ1) is 14.0. The predicted octanol–water partition coefficient (Wildman–Crippen LogP) is 1.30. The lowest BCUT2D eigenvalue weighted by Gasteiger charge is -1.98. The Morgan fingerprint density at radius 2 is 1.67 bits per heavy atom.